The molecule has 1 amide bonds. The van der Waals surface area contributed by atoms with Crippen LogP contribution in [0.2, 0.25) is 0 Å². The molecule has 5 nitrogen and oxygen atoms in total. The molecule has 0 spiro atoms. The van der Waals surface area contributed by atoms with E-state index in [1.165, 1.54) is 6.92 Å². The highest BCUT2D eigenvalue weighted by Gasteiger charge is 2.21. The van der Waals surface area contributed by atoms with Crippen molar-refractivity contribution in [2.24, 2.45) is 0 Å². The number of amides is 1. The van der Waals surface area contributed by atoms with Gasteiger partial charge < -0.3 is 20.1 Å². The van der Waals surface area contributed by atoms with Gasteiger partial charge in [-0.3, -0.25) is 4.79 Å². The molecule has 158 valence electrons. The fourth-order valence-corrected chi connectivity index (χ4v) is 4.68. The topological polar surface area (TPSA) is 59.6 Å². The summed E-state index contributed by atoms with van der Waals surface area (Å²) in [5.74, 6) is 1.31. The number of carbonyl (C=O) groups excluding carboxylic acids is 1. The van der Waals surface area contributed by atoms with Gasteiger partial charge >= 0.3 is 0 Å². The van der Waals surface area contributed by atoms with Crippen molar-refractivity contribution in [2.45, 2.75) is 17.1 Å². The van der Waals surface area contributed by atoms with Crippen LogP contribution in [0.4, 0.5) is 11.4 Å². The smallest absolute Gasteiger partial charge is 0.221 e. The fourth-order valence-electron chi connectivity index (χ4n) is 3.51. The number of fused-ring (bicyclic) bond motifs is 1. The van der Waals surface area contributed by atoms with Crippen molar-refractivity contribution in [3.05, 3.63) is 83.9 Å². The Labute approximate surface area is 186 Å². The standard InChI is InChI=1S/C25H24N2O3S/c1-16(28)26-19-8-6-7-17(13-19)21-15-25(31-24-10-5-4-9-20(24)27-21)18-11-12-22(29-2)23(14-18)30-3/h4-15,25,27H,1-3H3,(H,26,28). The molecule has 0 saturated carbocycles. The molecule has 1 aliphatic rings. The van der Waals surface area contributed by atoms with Gasteiger partial charge in [-0.1, -0.05) is 30.3 Å². The van der Waals surface area contributed by atoms with Gasteiger partial charge in [0.2, 0.25) is 5.91 Å². The minimum Gasteiger partial charge on any atom is -0.493 e. The minimum atomic E-state index is -0.0935. The van der Waals surface area contributed by atoms with Crippen LogP contribution in [0.3, 0.4) is 0 Å². The van der Waals surface area contributed by atoms with E-state index in [2.05, 4.69) is 34.9 Å². The fraction of sp³-hybridized carbons (Fsp3) is 0.160. The number of thioether (sulfide) groups is 1. The van der Waals surface area contributed by atoms with Crippen molar-refractivity contribution in [2.75, 3.05) is 24.9 Å². The maximum atomic E-state index is 11.5. The number of nitrogens with one attached hydrogen (secondary N) is 2. The molecule has 0 fully saturated rings. The van der Waals surface area contributed by atoms with Crippen LogP contribution in [0.1, 0.15) is 23.3 Å². The second-order valence-electron chi connectivity index (χ2n) is 7.12. The first kappa shape index (κ1) is 20.9. The van der Waals surface area contributed by atoms with Gasteiger partial charge in [0.1, 0.15) is 0 Å². The molecule has 0 radical (unpaired) electrons. The summed E-state index contributed by atoms with van der Waals surface area (Å²) in [6, 6.07) is 22.1. The van der Waals surface area contributed by atoms with Gasteiger partial charge in [-0.15, -0.1) is 11.8 Å². The van der Waals surface area contributed by atoms with Crippen molar-refractivity contribution in [1.82, 2.24) is 0 Å². The SMILES string of the molecule is COc1ccc(C2C=C(c3cccc(NC(C)=O)c3)Nc3ccccc3S2)cc1OC. The average Bonchev–Trinajstić information content (AvgIpc) is 2.98. The number of benzene rings is 3. The molecule has 0 aromatic heterocycles. The van der Waals surface area contributed by atoms with E-state index in [9.17, 15) is 4.79 Å². The quantitative estimate of drug-likeness (QED) is 0.521. The van der Waals surface area contributed by atoms with E-state index in [-0.39, 0.29) is 11.2 Å². The van der Waals surface area contributed by atoms with Crippen molar-refractivity contribution in [1.29, 1.82) is 0 Å². The first-order valence-electron chi connectivity index (χ1n) is 9.92. The highest BCUT2D eigenvalue weighted by atomic mass is 32.2. The van der Waals surface area contributed by atoms with Crippen LogP contribution >= 0.6 is 11.8 Å². The summed E-state index contributed by atoms with van der Waals surface area (Å²) >= 11 is 1.77. The van der Waals surface area contributed by atoms with Gasteiger partial charge in [-0.05, 0) is 53.6 Å². The van der Waals surface area contributed by atoms with Crippen LogP contribution < -0.4 is 20.1 Å². The lowest BCUT2D eigenvalue weighted by atomic mass is 10.1. The second-order valence-corrected chi connectivity index (χ2v) is 8.30. The monoisotopic (exact) mass is 432 g/mol. The van der Waals surface area contributed by atoms with Crippen LogP contribution in [0.25, 0.3) is 5.70 Å². The molecule has 0 saturated heterocycles. The molecular weight excluding hydrogens is 408 g/mol. The molecule has 0 bridgehead atoms. The number of rotatable bonds is 5. The third-order valence-electron chi connectivity index (χ3n) is 4.96. The van der Waals surface area contributed by atoms with Gasteiger partial charge in [0, 0.05) is 23.2 Å². The Morgan fingerprint density at radius 3 is 2.55 bits per heavy atom. The van der Waals surface area contributed by atoms with E-state index < -0.39 is 0 Å². The lowest BCUT2D eigenvalue weighted by Crippen LogP contribution is -2.06. The van der Waals surface area contributed by atoms with Gasteiger partial charge in [-0.25, -0.2) is 0 Å². The van der Waals surface area contributed by atoms with E-state index in [1.54, 1.807) is 26.0 Å². The maximum Gasteiger partial charge on any atom is 0.221 e. The number of hydrogen-bond acceptors (Lipinski definition) is 5. The van der Waals surface area contributed by atoms with Crippen LogP contribution in [0.5, 0.6) is 11.5 Å². The first-order valence-corrected chi connectivity index (χ1v) is 10.8. The van der Waals surface area contributed by atoms with Gasteiger partial charge in [0.15, 0.2) is 11.5 Å². The molecule has 31 heavy (non-hydrogen) atoms. The summed E-state index contributed by atoms with van der Waals surface area (Å²) in [4.78, 5) is 12.7. The molecule has 6 heteroatoms. The molecule has 1 aliphatic heterocycles. The normalized spacial score (nSPS) is 15.1. The zero-order valence-electron chi connectivity index (χ0n) is 17.6. The van der Waals surface area contributed by atoms with Crippen LogP contribution in [0, 0.1) is 0 Å². The molecule has 4 rings (SSSR count). The first-order chi connectivity index (χ1) is 15.1. The lowest BCUT2D eigenvalue weighted by molar-refractivity contribution is -0.114. The van der Waals surface area contributed by atoms with Crippen LogP contribution in [-0.2, 0) is 4.79 Å². The van der Waals surface area contributed by atoms with Gasteiger partial charge in [0.25, 0.3) is 0 Å². The zero-order chi connectivity index (χ0) is 21.8. The number of ether oxygens (including phenoxy) is 2. The Morgan fingerprint density at radius 2 is 1.77 bits per heavy atom. The molecular formula is C25H24N2O3S. The van der Waals surface area contributed by atoms with Crippen molar-refractivity contribution < 1.29 is 14.3 Å². The molecule has 3 aromatic rings. The van der Waals surface area contributed by atoms with E-state index in [0.29, 0.717) is 11.5 Å². The Balaban J connectivity index is 1.79. The van der Waals surface area contributed by atoms with Gasteiger partial charge in [0.05, 0.1) is 25.2 Å². The number of para-hydroxylation sites is 1. The molecule has 1 unspecified atom stereocenters. The van der Waals surface area contributed by atoms with E-state index in [4.69, 9.17) is 9.47 Å². The summed E-state index contributed by atoms with van der Waals surface area (Å²) in [6.45, 7) is 1.51. The van der Waals surface area contributed by atoms with E-state index in [0.717, 1.165) is 33.1 Å². The van der Waals surface area contributed by atoms with Gasteiger partial charge in [-0.2, -0.15) is 0 Å². The number of anilines is 2. The van der Waals surface area contributed by atoms with Crippen LogP contribution in [0.15, 0.2) is 77.7 Å². The summed E-state index contributed by atoms with van der Waals surface area (Å²) in [5.41, 5.74) is 4.89. The minimum absolute atomic E-state index is 0.0513. The summed E-state index contributed by atoms with van der Waals surface area (Å²) in [7, 11) is 3.28. The third kappa shape index (κ3) is 4.70. The molecule has 1 atom stereocenters. The van der Waals surface area contributed by atoms with Crippen LogP contribution in [-0.4, -0.2) is 20.1 Å². The third-order valence-corrected chi connectivity index (χ3v) is 6.23. The largest absolute Gasteiger partial charge is 0.493 e. The Kier molecular flexibility index (Phi) is 6.18. The summed E-state index contributed by atoms with van der Waals surface area (Å²) in [6.07, 6.45) is 2.21. The average molecular weight is 433 g/mol. The number of hydrogen-bond donors (Lipinski definition) is 2. The Morgan fingerprint density at radius 1 is 0.968 bits per heavy atom. The van der Waals surface area contributed by atoms with Crippen molar-refractivity contribution in [3.63, 3.8) is 0 Å². The van der Waals surface area contributed by atoms with E-state index >= 15 is 0 Å². The predicted molar refractivity (Wildman–Crippen MR) is 127 cm³/mol. The molecule has 0 aliphatic carbocycles. The summed E-state index contributed by atoms with van der Waals surface area (Å²) < 4.78 is 10.9. The Hall–Kier alpha value is -3.38. The number of carbonyl (C=O) groups is 1. The predicted octanol–water partition coefficient (Wildman–Crippen LogP) is 5.96. The Bertz CT molecular complexity index is 1140. The number of methoxy groups -OCH3 is 2. The highest BCUT2D eigenvalue weighted by Crippen LogP contribution is 2.46. The van der Waals surface area contributed by atoms with Crippen molar-refractivity contribution >= 4 is 34.7 Å². The van der Waals surface area contributed by atoms with Crippen molar-refractivity contribution in [3.8, 4) is 11.5 Å². The summed E-state index contributed by atoms with van der Waals surface area (Å²) in [5, 5.41) is 6.49. The molecule has 1 heterocycles. The zero-order valence-corrected chi connectivity index (χ0v) is 18.5. The highest BCUT2D eigenvalue weighted by molar-refractivity contribution is 7.99. The second kappa shape index (κ2) is 9.18. The lowest BCUT2D eigenvalue weighted by Gasteiger charge is -2.15. The molecule has 3 aromatic carbocycles. The van der Waals surface area contributed by atoms with E-state index in [1.807, 2.05) is 48.5 Å². The maximum absolute atomic E-state index is 11.5. The molecule has 2 N–H and O–H groups in total.